The van der Waals surface area contributed by atoms with E-state index in [1.165, 1.54) is 0 Å². The van der Waals surface area contributed by atoms with E-state index in [0.29, 0.717) is 30.5 Å². The summed E-state index contributed by atoms with van der Waals surface area (Å²) in [5.41, 5.74) is 0.988. The Bertz CT molecular complexity index is 529. The Morgan fingerprint density at radius 3 is 2.58 bits per heavy atom. The lowest BCUT2D eigenvalue weighted by Crippen LogP contribution is -2.46. The molecule has 1 aliphatic rings. The van der Waals surface area contributed by atoms with Crippen molar-refractivity contribution in [1.82, 2.24) is 20.7 Å². The Balaban J connectivity index is 0.00000288. The number of nitrogens with one attached hydrogen (secondary N) is 2. The van der Waals surface area contributed by atoms with Gasteiger partial charge in [0, 0.05) is 38.3 Å². The van der Waals surface area contributed by atoms with Crippen LogP contribution in [0.3, 0.4) is 0 Å². The number of aromatic nitrogens is 1. The maximum absolute atomic E-state index is 5.36. The molecule has 2 atom stereocenters. The van der Waals surface area contributed by atoms with Crippen molar-refractivity contribution in [1.29, 1.82) is 0 Å². The average molecular weight is 449 g/mol. The lowest BCUT2D eigenvalue weighted by Gasteiger charge is -2.21. The lowest BCUT2D eigenvalue weighted by molar-refractivity contribution is 0.265. The van der Waals surface area contributed by atoms with Crippen LogP contribution in [0, 0.1) is 5.92 Å². The van der Waals surface area contributed by atoms with E-state index in [1.807, 2.05) is 6.07 Å². The quantitative estimate of drug-likeness (QED) is 0.411. The molecule has 2 heterocycles. The van der Waals surface area contributed by atoms with Gasteiger partial charge in [0.1, 0.15) is 0 Å². The van der Waals surface area contributed by atoms with Gasteiger partial charge >= 0.3 is 0 Å². The summed E-state index contributed by atoms with van der Waals surface area (Å²) in [6.07, 6.45) is 0. The Labute approximate surface area is 162 Å². The maximum Gasteiger partial charge on any atom is 0.191 e. The molecule has 0 bridgehead atoms. The first-order valence-corrected chi connectivity index (χ1v) is 8.57. The van der Waals surface area contributed by atoms with Gasteiger partial charge in [-0.15, -0.1) is 24.0 Å². The van der Waals surface area contributed by atoms with Crippen LogP contribution in [0.15, 0.2) is 15.6 Å². The highest BCUT2D eigenvalue weighted by molar-refractivity contribution is 14.0. The van der Waals surface area contributed by atoms with Crippen molar-refractivity contribution in [2.45, 2.75) is 59.2 Å². The third-order valence-corrected chi connectivity index (χ3v) is 4.52. The normalized spacial score (nSPS) is 22.1. The number of guanidine groups is 1. The Morgan fingerprint density at radius 1 is 1.38 bits per heavy atom. The summed E-state index contributed by atoms with van der Waals surface area (Å²) in [6, 6.07) is 3.01. The van der Waals surface area contributed by atoms with Crippen molar-refractivity contribution in [3.05, 3.63) is 17.5 Å². The van der Waals surface area contributed by atoms with Crippen LogP contribution in [-0.4, -0.2) is 48.2 Å². The SMILES string of the molecule is CN=C(NCc1cc(C(C)C)no1)NC1CN(C(C)C)CC1C.I. The van der Waals surface area contributed by atoms with Gasteiger partial charge in [0.05, 0.1) is 12.2 Å². The first-order valence-electron chi connectivity index (χ1n) is 8.57. The number of hydrogen-bond donors (Lipinski definition) is 2. The summed E-state index contributed by atoms with van der Waals surface area (Å²) in [5, 5.41) is 10.9. The van der Waals surface area contributed by atoms with Crippen LogP contribution in [0.5, 0.6) is 0 Å². The smallest absolute Gasteiger partial charge is 0.191 e. The number of nitrogens with zero attached hydrogens (tertiary/aromatic N) is 3. The number of likely N-dealkylation sites (tertiary alicyclic amines) is 1. The summed E-state index contributed by atoms with van der Waals surface area (Å²) < 4.78 is 5.36. The molecule has 1 saturated heterocycles. The molecule has 1 fully saturated rings. The van der Waals surface area contributed by atoms with Crippen molar-refractivity contribution >= 4 is 29.9 Å². The molecule has 0 aliphatic carbocycles. The van der Waals surface area contributed by atoms with Crippen molar-refractivity contribution in [3.63, 3.8) is 0 Å². The highest BCUT2D eigenvalue weighted by Crippen LogP contribution is 2.18. The van der Waals surface area contributed by atoms with Crippen molar-refractivity contribution in [2.24, 2.45) is 10.9 Å². The fraction of sp³-hybridized carbons (Fsp3) is 0.765. The van der Waals surface area contributed by atoms with Crippen LogP contribution in [0.1, 0.15) is 52.0 Å². The molecule has 2 rings (SSSR count). The molecular formula is C17H32IN5O. The lowest BCUT2D eigenvalue weighted by atomic mass is 10.1. The maximum atomic E-state index is 5.36. The van der Waals surface area contributed by atoms with Crippen LogP contribution >= 0.6 is 24.0 Å². The minimum atomic E-state index is 0. The molecule has 138 valence electrons. The van der Waals surface area contributed by atoms with Gasteiger partial charge in [0.2, 0.25) is 0 Å². The van der Waals surface area contributed by atoms with E-state index in [0.717, 1.165) is 30.5 Å². The topological polar surface area (TPSA) is 65.7 Å². The second kappa shape index (κ2) is 9.60. The molecular weight excluding hydrogens is 417 g/mol. The summed E-state index contributed by atoms with van der Waals surface area (Å²) in [5.74, 6) is 2.63. The molecule has 7 heteroatoms. The van der Waals surface area contributed by atoms with E-state index in [1.54, 1.807) is 7.05 Å². The van der Waals surface area contributed by atoms with Gasteiger partial charge in [0.25, 0.3) is 0 Å². The average Bonchev–Trinajstić information content (AvgIpc) is 3.10. The van der Waals surface area contributed by atoms with E-state index < -0.39 is 0 Å². The highest BCUT2D eigenvalue weighted by atomic mass is 127. The summed E-state index contributed by atoms with van der Waals surface area (Å²) in [6.45, 7) is 13.8. The third kappa shape index (κ3) is 5.61. The van der Waals surface area contributed by atoms with Crippen LogP contribution in [-0.2, 0) is 6.54 Å². The minimum absolute atomic E-state index is 0. The van der Waals surface area contributed by atoms with Gasteiger partial charge in [-0.25, -0.2) is 0 Å². The van der Waals surface area contributed by atoms with E-state index in [2.05, 4.69) is 60.3 Å². The summed E-state index contributed by atoms with van der Waals surface area (Å²) >= 11 is 0. The molecule has 0 aromatic carbocycles. The van der Waals surface area contributed by atoms with Gasteiger partial charge in [0.15, 0.2) is 11.7 Å². The minimum Gasteiger partial charge on any atom is -0.359 e. The van der Waals surface area contributed by atoms with Crippen LogP contribution in [0.25, 0.3) is 0 Å². The van der Waals surface area contributed by atoms with E-state index in [9.17, 15) is 0 Å². The molecule has 24 heavy (non-hydrogen) atoms. The Morgan fingerprint density at radius 2 is 2.08 bits per heavy atom. The molecule has 0 radical (unpaired) electrons. The van der Waals surface area contributed by atoms with Crippen molar-refractivity contribution < 1.29 is 4.52 Å². The first kappa shape index (κ1) is 21.2. The summed E-state index contributed by atoms with van der Waals surface area (Å²) in [4.78, 5) is 6.83. The molecule has 2 N–H and O–H groups in total. The van der Waals surface area contributed by atoms with Gasteiger partial charge in [-0.05, 0) is 25.7 Å². The summed E-state index contributed by atoms with van der Waals surface area (Å²) in [7, 11) is 1.80. The molecule has 2 unspecified atom stereocenters. The standard InChI is InChI=1S/C17H31N5O.HI/c1-11(2)15-7-14(23-21-15)8-19-17(18-6)20-16-10-22(12(3)4)9-13(16)5;/h7,11-13,16H,8-10H2,1-6H3,(H2,18,19,20);1H. The van der Waals surface area contributed by atoms with Crippen molar-refractivity contribution in [2.75, 3.05) is 20.1 Å². The zero-order valence-electron chi connectivity index (χ0n) is 15.7. The molecule has 0 amide bonds. The van der Waals surface area contributed by atoms with Crippen LogP contribution in [0.4, 0.5) is 0 Å². The van der Waals surface area contributed by atoms with E-state index in [4.69, 9.17) is 4.52 Å². The van der Waals surface area contributed by atoms with Gasteiger partial charge in [-0.2, -0.15) is 0 Å². The number of halogens is 1. The largest absolute Gasteiger partial charge is 0.359 e. The predicted octanol–water partition coefficient (Wildman–Crippen LogP) is 2.81. The first-order chi connectivity index (χ1) is 10.9. The zero-order chi connectivity index (χ0) is 17.0. The van der Waals surface area contributed by atoms with Crippen LogP contribution in [0.2, 0.25) is 0 Å². The number of aliphatic imine (C=N–C) groups is 1. The molecule has 1 aromatic heterocycles. The fourth-order valence-corrected chi connectivity index (χ4v) is 2.84. The molecule has 6 nitrogen and oxygen atoms in total. The highest BCUT2D eigenvalue weighted by Gasteiger charge is 2.31. The molecule has 1 aliphatic heterocycles. The third-order valence-electron chi connectivity index (χ3n) is 4.52. The predicted molar refractivity (Wildman–Crippen MR) is 109 cm³/mol. The van der Waals surface area contributed by atoms with Crippen molar-refractivity contribution in [3.8, 4) is 0 Å². The molecule has 0 saturated carbocycles. The Hall–Kier alpha value is -0.830. The van der Waals surface area contributed by atoms with Gasteiger partial charge in [-0.1, -0.05) is 25.9 Å². The molecule has 1 aromatic rings. The second-order valence-electron chi connectivity index (χ2n) is 7.07. The van der Waals surface area contributed by atoms with Gasteiger partial charge < -0.3 is 15.2 Å². The van der Waals surface area contributed by atoms with E-state index >= 15 is 0 Å². The monoisotopic (exact) mass is 449 g/mol. The second-order valence-corrected chi connectivity index (χ2v) is 7.07. The number of rotatable bonds is 5. The zero-order valence-corrected chi connectivity index (χ0v) is 18.0. The van der Waals surface area contributed by atoms with Gasteiger partial charge in [-0.3, -0.25) is 9.89 Å². The fourth-order valence-electron chi connectivity index (χ4n) is 2.84. The number of hydrogen-bond acceptors (Lipinski definition) is 4. The Kier molecular flexibility index (Phi) is 8.49. The van der Waals surface area contributed by atoms with Crippen LogP contribution < -0.4 is 10.6 Å². The molecule has 0 spiro atoms. The van der Waals surface area contributed by atoms with E-state index in [-0.39, 0.29) is 24.0 Å².